The van der Waals surface area contributed by atoms with Crippen molar-refractivity contribution < 1.29 is 4.79 Å². The molecule has 2 aliphatic carbocycles. The molecule has 3 rings (SSSR count). The van der Waals surface area contributed by atoms with Crippen LogP contribution in [0.1, 0.15) is 62.2 Å². The first-order valence-electron chi connectivity index (χ1n) is 8.33. The van der Waals surface area contributed by atoms with Gasteiger partial charge in [0.05, 0.1) is 5.56 Å². The SMILES string of the molecule is CC1CCC1Nc1nc(NC2CCCCC2)ncc1C(N)=O. The van der Waals surface area contributed by atoms with Gasteiger partial charge in [-0.05, 0) is 31.6 Å². The fourth-order valence-corrected chi connectivity index (χ4v) is 3.23. The van der Waals surface area contributed by atoms with Crippen LogP contribution in [0.5, 0.6) is 0 Å². The van der Waals surface area contributed by atoms with Gasteiger partial charge in [-0.15, -0.1) is 0 Å². The Hall–Kier alpha value is -1.85. The zero-order valence-corrected chi connectivity index (χ0v) is 13.1. The molecule has 2 unspecified atom stereocenters. The fourth-order valence-electron chi connectivity index (χ4n) is 3.23. The van der Waals surface area contributed by atoms with Crippen LogP contribution in [0, 0.1) is 5.92 Å². The Morgan fingerprint density at radius 3 is 2.55 bits per heavy atom. The molecule has 1 amide bonds. The van der Waals surface area contributed by atoms with Crippen molar-refractivity contribution in [3.63, 3.8) is 0 Å². The van der Waals surface area contributed by atoms with Crippen molar-refractivity contribution in [1.29, 1.82) is 0 Å². The van der Waals surface area contributed by atoms with Crippen LogP contribution < -0.4 is 16.4 Å². The van der Waals surface area contributed by atoms with E-state index >= 15 is 0 Å². The number of hydrogen-bond acceptors (Lipinski definition) is 5. The van der Waals surface area contributed by atoms with Gasteiger partial charge in [-0.3, -0.25) is 4.79 Å². The molecule has 0 aliphatic heterocycles. The van der Waals surface area contributed by atoms with Gasteiger partial charge in [0, 0.05) is 18.3 Å². The molecule has 0 saturated heterocycles. The maximum atomic E-state index is 11.6. The van der Waals surface area contributed by atoms with Gasteiger partial charge in [-0.2, -0.15) is 4.98 Å². The van der Waals surface area contributed by atoms with Crippen molar-refractivity contribution in [1.82, 2.24) is 9.97 Å². The van der Waals surface area contributed by atoms with Crippen LogP contribution in [0.4, 0.5) is 11.8 Å². The molecular formula is C16H25N5O. The van der Waals surface area contributed by atoms with Gasteiger partial charge in [0.25, 0.3) is 5.91 Å². The Morgan fingerprint density at radius 2 is 1.95 bits per heavy atom. The van der Waals surface area contributed by atoms with E-state index in [0.717, 1.165) is 19.3 Å². The molecule has 2 saturated carbocycles. The van der Waals surface area contributed by atoms with E-state index < -0.39 is 5.91 Å². The topological polar surface area (TPSA) is 92.9 Å². The van der Waals surface area contributed by atoms with E-state index in [9.17, 15) is 4.79 Å². The van der Waals surface area contributed by atoms with Crippen LogP contribution in [0.15, 0.2) is 6.20 Å². The molecule has 1 heterocycles. The monoisotopic (exact) mass is 303 g/mol. The summed E-state index contributed by atoms with van der Waals surface area (Å²) in [4.78, 5) is 20.3. The molecule has 4 N–H and O–H groups in total. The predicted molar refractivity (Wildman–Crippen MR) is 86.9 cm³/mol. The van der Waals surface area contributed by atoms with Crippen molar-refractivity contribution >= 4 is 17.7 Å². The second kappa shape index (κ2) is 6.50. The van der Waals surface area contributed by atoms with Crippen LogP contribution in [0.25, 0.3) is 0 Å². The highest BCUT2D eigenvalue weighted by atomic mass is 16.1. The van der Waals surface area contributed by atoms with E-state index in [1.165, 1.54) is 31.9 Å². The quantitative estimate of drug-likeness (QED) is 0.777. The third-order valence-electron chi connectivity index (χ3n) is 4.93. The number of carbonyl (C=O) groups excluding carboxylic acids is 1. The minimum atomic E-state index is -0.487. The van der Waals surface area contributed by atoms with Crippen molar-refractivity contribution in [2.75, 3.05) is 10.6 Å². The van der Waals surface area contributed by atoms with Crippen LogP contribution in [0.2, 0.25) is 0 Å². The highest BCUT2D eigenvalue weighted by molar-refractivity contribution is 5.97. The minimum absolute atomic E-state index is 0.369. The number of primary amides is 1. The van der Waals surface area contributed by atoms with Crippen LogP contribution in [0.3, 0.4) is 0 Å². The molecule has 2 aliphatic rings. The highest BCUT2D eigenvalue weighted by Crippen LogP contribution is 2.30. The van der Waals surface area contributed by atoms with Gasteiger partial charge < -0.3 is 16.4 Å². The minimum Gasteiger partial charge on any atom is -0.366 e. The van der Waals surface area contributed by atoms with Crippen molar-refractivity contribution in [3.8, 4) is 0 Å². The first-order valence-corrected chi connectivity index (χ1v) is 8.33. The Labute approximate surface area is 131 Å². The molecule has 2 fully saturated rings. The lowest BCUT2D eigenvalue weighted by atomic mass is 9.81. The van der Waals surface area contributed by atoms with Crippen molar-refractivity contribution in [3.05, 3.63) is 11.8 Å². The normalized spacial score (nSPS) is 25.3. The lowest BCUT2D eigenvalue weighted by Gasteiger charge is -2.35. The second-order valence-corrected chi connectivity index (χ2v) is 6.60. The molecule has 0 bridgehead atoms. The number of amides is 1. The molecule has 1 aromatic heterocycles. The largest absolute Gasteiger partial charge is 0.366 e. The predicted octanol–water partition coefficient (Wildman–Crippen LogP) is 2.53. The third kappa shape index (κ3) is 3.31. The number of rotatable bonds is 5. The summed E-state index contributed by atoms with van der Waals surface area (Å²) in [6.45, 7) is 2.20. The third-order valence-corrected chi connectivity index (χ3v) is 4.93. The maximum absolute atomic E-state index is 11.6. The Balaban J connectivity index is 1.75. The molecular weight excluding hydrogens is 278 g/mol. The number of hydrogen-bond donors (Lipinski definition) is 3. The summed E-state index contributed by atoms with van der Waals surface area (Å²) in [6, 6.07) is 0.805. The summed E-state index contributed by atoms with van der Waals surface area (Å²) in [5.41, 5.74) is 5.81. The van der Waals surface area contributed by atoms with Crippen molar-refractivity contribution in [2.24, 2.45) is 11.7 Å². The van der Waals surface area contributed by atoms with E-state index in [0.29, 0.717) is 35.3 Å². The molecule has 6 heteroatoms. The zero-order valence-electron chi connectivity index (χ0n) is 13.1. The molecule has 120 valence electrons. The molecule has 0 radical (unpaired) electrons. The van der Waals surface area contributed by atoms with E-state index in [1.54, 1.807) is 0 Å². The van der Waals surface area contributed by atoms with E-state index in [-0.39, 0.29) is 0 Å². The Morgan fingerprint density at radius 1 is 1.18 bits per heavy atom. The van der Waals surface area contributed by atoms with Crippen molar-refractivity contribution in [2.45, 2.75) is 64.0 Å². The molecule has 22 heavy (non-hydrogen) atoms. The number of aromatic nitrogens is 2. The van der Waals surface area contributed by atoms with Gasteiger partial charge in [0.1, 0.15) is 5.82 Å². The highest BCUT2D eigenvalue weighted by Gasteiger charge is 2.28. The maximum Gasteiger partial charge on any atom is 0.254 e. The Kier molecular flexibility index (Phi) is 4.45. The summed E-state index contributed by atoms with van der Waals surface area (Å²) in [5.74, 6) is 1.27. The number of anilines is 2. The lowest BCUT2D eigenvalue weighted by Crippen LogP contribution is -2.37. The zero-order chi connectivity index (χ0) is 15.5. The van der Waals surface area contributed by atoms with E-state index in [4.69, 9.17) is 5.73 Å². The first-order chi connectivity index (χ1) is 10.6. The number of carbonyl (C=O) groups is 1. The summed E-state index contributed by atoms with van der Waals surface area (Å²) in [5, 5.41) is 6.76. The molecule has 2 atom stereocenters. The van der Waals surface area contributed by atoms with E-state index in [2.05, 4.69) is 27.5 Å². The summed E-state index contributed by atoms with van der Waals surface area (Å²) in [7, 11) is 0. The molecule has 1 aromatic rings. The van der Waals surface area contributed by atoms with Gasteiger partial charge >= 0.3 is 0 Å². The summed E-state index contributed by atoms with van der Waals surface area (Å²) in [6.07, 6.45) is 9.98. The summed E-state index contributed by atoms with van der Waals surface area (Å²) < 4.78 is 0. The number of nitrogens with two attached hydrogens (primary N) is 1. The second-order valence-electron chi connectivity index (χ2n) is 6.60. The van der Waals surface area contributed by atoms with E-state index in [1.807, 2.05) is 0 Å². The number of nitrogens with one attached hydrogen (secondary N) is 2. The first kappa shape index (κ1) is 15.1. The van der Waals surface area contributed by atoms with Crippen LogP contribution in [-0.2, 0) is 0 Å². The fraction of sp³-hybridized carbons (Fsp3) is 0.688. The standard InChI is InChI=1S/C16H25N5O/c1-10-7-8-13(10)20-15-12(14(17)22)9-18-16(21-15)19-11-5-3-2-4-6-11/h9-11,13H,2-8H2,1H3,(H2,17,22)(H2,18,19,20,21). The van der Waals surface area contributed by atoms with Gasteiger partial charge in [-0.1, -0.05) is 26.2 Å². The molecule has 0 aromatic carbocycles. The number of nitrogens with zero attached hydrogens (tertiary/aromatic N) is 2. The molecule has 0 spiro atoms. The van der Waals surface area contributed by atoms with Gasteiger partial charge in [-0.25, -0.2) is 4.98 Å². The smallest absolute Gasteiger partial charge is 0.254 e. The Bertz CT molecular complexity index is 541. The van der Waals surface area contributed by atoms with Crippen LogP contribution >= 0.6 is 0 Å². The van der Waals surface area contributed by atoms with Gasteiger partial charge in [0.15, 0.2) is 0 Å². The van der Waals surface area contributed by atoms with Gasteiger partial charge in [0.2, 0.25) is 5.95 Å². The summed E-state index contributed by atoms with van der Waals surface area (Å²) >= 11 is 0. The average Bonchev–Trinajstić information content (AvgIpc) is 2.52. The lowest BCUT2D eigenvalue weighted by molar-refractivity contribution is 0.100. The average molecular weight is 303 g/mol. The van der Waals surface area contributed by atoms with Crippen LogP contribution in [-0.4, -0.2) is 28.0 Å². The molecule has 6 nitrogen and oxygen atoms in total.